The van der Waals surface area contributed by atoms with Crippen LogP contribution in [-0.2, 0) is 11.3 Å². The Balaban J connectivity index is 2.24. The van der Waals surface area contributed by atoms with E-state index in [4.69, 9.17) is 10.5 Å². The number of methoxy groups -OCH3 is 1. The highest BCUT2D eigenvalue weighted by atomic mass is 19.1. The molecule has 2 aromatic carbocycles. The van der Waals surface area contributed by atoms with E-state index in [1.807, 2.05) is 0 Å². The quantitative estimate of drug-likeness (QED) is 0.695. The second kappa shape index (κ2) is 6.21. The van der Waals surface area contributed by atoms with E-state index < -0.39 is 17.6 Å². The Morgan fingerprint density at radius 1 is 1.24 bits per heavy atom. The molecule has 21 heavy (non-hydrogen) atoms. The molecule has 110 valence electrons. The lowest BCUT2D eigenvalue weighted by atomic mass is 10.1. The van der Waals surface area contributed by atoms with Gasteiger partial charge in [-0.1, -0.05) is 6.07 Å². The summed E-state index contributed by atoms with van der Waals surface area (Å²) in [5, 5.41) is 0. The summed E-state index contributed by atoms with van der Waals surface area (Å²) >= 11 is 0. The zero-order valence-corrected chi connectivity index (χ0v) is 11.2. The molecule has 4 nitrogen and oxygen atoms in total. The largest absolute Gasteiger partial charge is 0.488 e. The first-order valence-electron chi connectivity index (χ1n) is 6.06. The zero-order chi connectivity index (χ0) is 15.4. The molecule has 6 heteroatoms. The molecule has 2 aromatic rings. The molecule has 2 rings (SSSR count). The van der Waals surface area contributed by atoms with Gasteiger partial charge in [-0.05, 0) is 24.3 Å². The van der Waals surface area contributed by atoms with Crippen molar-refractivity contribution in [2.24, 2.45) is 0 Å². The lowest BCUT2D eigenvalue weighted by Crippen LogP contribution is -2.09. The molecule has 0 saturated heterocycles. The number of benzene rings is 2. The minimum absolute atomic E-state index is 0.0718. The third kappa shape index (κ3) is 3.28. The van der Waals surface area contributed by atoms with Crippen molar-refractivity contribution in [3.05, 3.63) is 59.2 Å². The Kier molecular flexibility index (Phi) is 4.37. The molecule has 0 aromatic heterocycles. The number of carbonyl (C=O) groups excluding carboxylic acids is 1. The van der Waals surface area contributed by atoms with E-state index in [0.29, 0.717) is 0 Å². The van der Waals surface area contributed by atoms with Crippen molar-refractivity contribution in [2.75, 3.05) is 12.8 Å². The fourth-order valence-electron chi connectivity index (χ4n) is 1.78. The van der Waals surface area contributed by atoms with Crippen LogP contribution in [0.3, 0.4) is 0 Å². The number of anilines is 1. The van der Waals surface area contributed by atoms with E-state index >= 15 is 0 Å². The van der Waals surface area contributed by atoms with E-state index in [0.717, 1.165) is 12.1 Å². The van der Waals surface area contributed by atoms with E-state index in [1.165, 1.54) is 25.3 Å². The number of hydrogen-bond acceptors (Lipinski definition) is 4. The van der Waals surface area contributed by atoms with Crippen molar-refractivity contribution in [1.82, 2.24) is 0 Å². The van der Waals surface area contributed by atoms with Gasteiger partial charge in [0.25, 0.3) is 0 Å². The predicted molar refractivity (Wildman–Crippen MR) is 72.9 cm³/mol. The lowest BCUT2D eigenvalue weighted by Gasteiger charge is -2.12. The summed E-state index contributed by atoms with van der Waals surface area (Å²) in [4.78, 5) is 11.7. The normalized spacial score (nSPS) is 10.2. The summed E-state index contributed by atoms with van der Waals surface area (Å²) in [6.45, 7) is -0.167. The maximum atomic E-state index is 13.5. The average molecular weight is 293 g/mol. The second-order valence-corrected chi connectivity index (χ2v) is 4.24. The average Bonchev–Trinajstić information content (AvgIpc) is 2.45. The molecule has 0 unspecified atom stereocenters. The number of carbonyl (C=O) groups is 1. The van der Waals surface area contributed by atoms with Crippen molar-refractivity contribution in [1.29, 1.82) is 0 Å². The maximum absolute atomic E-state index is 13.5. The first kappa shape index (κ1) is 14.8. The number of halogens is 2. The van der Waals surface area contributed by atoms with Gasteiger partial charge in [-0.15, -0.1) is 0 Å². The van der Waals surface area contributed by atoms with Gasteiger partial charge < -0.3 is 15.2 Å². The van der Waals surface area contributed by atoms with Crippen LogP contribution in [0.1, 0.15) is 15.9 Å². The van der Waals surface area contributed by atoms with Gasteiger partial charge in [-0.2, -0.15) is 0 Å². The molecular weight excluding hydrogens is 280 g/mol. The molecule has 0 heterocycles. The SMILES string of the molecule is COC(=O)c1c(N)cccc1OCc1ccc(F)cc1F. The fraction of sp³-hybridized carbons (Fsp3) is 0.133. The van der Waals surface area contributed by atoms with Crippen LogP contribution in [0.2, 0.25) is 0 Å². The first-order valence-corrected chi connectivity index (χ1v) is 6.06. The van der Waals surface area contributed by atoms with Gasteiger partial charge in [0.05, 0.1) is 7.11 Å². The van der Waals surface area contributed by atoms with Crippen molar-refractivity contribution < 1.29 is 23.0 Å². The summed E-state index contributed by atoms with van der Waals surface area (Å²) in [6.07, 6.45) is 0. The molecule has 0 spiro atoms. The Labute approximate surface area is 120 Å². The Morgan fingerprint density at radius 2 is 2.00 bits per heavy atom. The minimum atomic E-state index is -0.724. The van der Waals surface area contributed by atoms with E-state index in [-0.39, 0.29) is 29.2 Å². The van der Waals surface area contributed by atoms with Crippen LogP contribution in [0, 0.1) is 11.6 Å². The van der Waals surface area contributed by atoms with Crippen LogP contribution < -0.4 is 10.5 Å². The highest BCUT2D eigenvalue weighted by molar-refractivity contribution is 5.98. The highest BCUT2D eigenvalue weighted by Gasteiger charge is 2.17. The van der Waals surface area contributed by atoms with Crippen LogP contribution in [0.5, 0.6) is 5.75 Å². The number of nitrogens with two attached hydrogens (primary N) is 1. The van der Waals surface area contributed by atoms with Gasteiger partial charge in [0, 0.05) is 17.3 Å². The maximum Gasteiger partial charge on any atom is 0.343 e. The van der Waals surface area contributed by atoms with Gasteiger partial charge in [0.15, 0.2) is 0 Å². The predicted octanol–water partition coefficient (Wildman–Crippen LogP) is 2.91. The van der Waals surface area contributed by atoms with Crippen molar-refractivity contribution >= 4 is 11.7 Å². The summed E-state index contributed by atoms with van der Waals surface area (Å²) in [7, 11) is 1.22. The first-order chi connectivity index (χ1) is 10.0. The third-order valence-corrected chi connectivity index (χ3v) is 2.85. The second-order valence-electron chi connectivity index (χ2n) is 4.24. The lowest BCUT2D eigenvalue weighted by molar-refractivity contribution is 0.0597. The highest BCUT2D eigenvalue weighted by Crippen LogP contribution is 2.26. The van der Waals surface area contributed by atoms with Crippen LogP contribution in [0.4, 0.5) is 14.5 Å². The molecule has 0 bridgehead atoms. The van der Waals surface area contributed by atoms with Crippen molar-refractivity contribution in [2.45, 2.75) is 6.61 Å². The number of hydrogen-bond donors (Lipinski definition) is 1. The molecule has 0 aliphatic carbocycles. The van der Waals surface area contributed by atoms with E-state index in [1.54, 1.807) is 6.07 Å². The van der Waals surface area contributed by atoms with E-state index in [9.17, 15) is 13.6 Å². The van der Waals surface area contributed by atoms with Crippen LogP contribution in [0.25, 0.3) is 0 Å². The number of ether oxygens (including phenoxy) is 2. The van der Waals surface area contributed by atoms with Crippen LogP contribution in [-0.4, -0.2) is 13.1 Å². The van der Waals surface area contributed by atoms with Gasteiger partial charge in [0.1, 0.15) is 29.6 Å². The summed E-state index contributed by atoms with van der Waals surface area (Å²) in [5.74, 6) is -1.87. The van der Waals surface area contributed by atoms with Gasteiger partial charge >= 0.3 is 5.97 Å². The zero-order valence-electron chi connectivity index (χ0n) is 11.2. The minimum Gasteiger partial charge on any atom is -0.488 e. The molecule has 0 fully saturated rings. The molecule has 0 radical (unpaired) electrons. The van der Waals surface area contributed by atoms with Crippen LogP contribution in [0.15, 0.2) is 36.4 Å². The molecule has 0 aliphatic heterocycles. The molecule has 0 atom stereocenters. The number of nitrogen functional groups attached to an aromatic ring is 1. The van der Waals surface area contributed by atoms with Crippen molar-refractivity contribution in [3.63, 3.8) is 0 Å². The molecule has 0 saturated carbocycles. The van der Waals surface area contributed by atoms with Crippen molar-refractivity contribution in [3.8, 4) is 5.75 Å². The number of rotatable bonds is 4. The van der Waals surface area contributed by atoms with Crippen LogP contribution >= 0.6 is 0 Å². The van der Waals surface area contributed by atoms with Gasteiger partial charge in [-0.25, -0.2) is 13.6 Å². The van der Waals surface area contributed by atoms with Gasteiger partial charge in [0.2, 0.25) is 0 Å². The Bertz CT molecular complexity index is 674. The summed E-state index contributed by atoms with van der Waals surface area (Å²) < 4.78 is 36.4. The molecule has 0 amide bonds. The number of esters is 1. The fourth-order valence-corrected chi connectivity index (χ4v) is 1.78. The Morgan fingerprint density at radius 3 is 2.67 bits per heavy atom. The third-order valence-electron chi connectivity index (χ3n) is 2.85. The van der Waals surface area contributed by atoms with Gasteiger partial charge in [-0.3, -0.25) is 0 Å². The molecular formula is C15H13F2NO3. The summed E-state index contributed by atoms with van der Waals surface area (Å²) in [5.41, 5.74) is 6.14. The molecule has 0 aliphatic rings. The smallest absolute Gasteiger partial charge is 0.343 e. The topological polar surface area (TPSA) is 61.5 Å². The summed E-state index contributed by atoms with van der Waals surface area (Å²) in [6, 6.07) is 7.80. The molecule has 2 N–H and O–H groups in total. The monoisotopic (exact) mass is 293 g/mol. The Hall–Kier alpha value is -2.63. The van der Waals surface area contributed by atoms with E-state index in [2.05, 4.69) is 4.74 Å². The standard InChI is InChI=1S/C15H13F2NO3/c1-20-15(19)14-12(18)3-2-4-13(14)21-8-9-5-6-10(16)7-11(9)17/h2-7H,8,18H2,1H3.